The Labute approximate surface area is 132 Å². The largest absolute Gasteiger partial charge is 0.357 e. The summed E-state index contributed by atoms with van der Waals surface area (Å²) in [7, 11) is -3.00. The number of sulfone groups is 1. The van der Waals surface area contributed by atoms with Crippen LogP contribution in [0.2, 0.25) is 0 Å². The van der Waals surface area contributed by atoms with Crippen molar-refractivity contribution in [3.05, 3.63) is 35.6 Å². The van der Waals surface area contributed by atoms with E-state index >= 15 is 0 Å². The van der Waals surface area contributed by atoms with Crippen LogP contribution in [-0.2, 0) is 16.3 Å². The second-order valence-electron chi connectivity index (χ2n) is 4.80. The van der Waals surface area contributed by atoms with Crippen LogP contribution >= 0.6 is 0 Å². The van der Waals surface area contributed by atoms with Gasteiger partial charge in [0, 0.05) is 18.8 Å². The Morgan fingerprint density at radius 2 is 2.05 bits per heavy atom. The molecule has 0 aliphatic rings. The van der Waals surface area contributed by atoms with Gasteiger partial charge in [-0.25, -0.2) is 12.8 Å². The molecule has 0 aliphatic heterocycles. The normalized spacial score (nSPS) is 12.2. The summed E-state index contributed by atoms with van der Waals surface area (Å²) in [6, 6.07) is 6.46. The molecule has 0 amide bonds. The van der Waals surface area contributed by atoms with Gasteiger partial charge in [0.1, 0.15) is 5.82 Å². The smallest absolute Gasteiger partial charge is 0.191 e. The van der Waals surface area contributed by atoms with Crippen LogP contribution in [-0.4, -0.2) is 45.5 Å². The first-order valence-electron chi connectivity index (χ1n) is 7.44. The molecule has 2 N–H and O–H groups in total. The van der Waals surface area contributed by atoms with Gasteiger partial charge >= 0.3 is 0 Å². The molecule has 0 saturated carbocycles. The number of halogens is 1. The molecule has 1 rings (SSSR count). The zero-order valence-corrected chi connectivity index (χ0v) is 13.9. The molecule has 0 unspecified atom stereocenters. The molecule has 0 saturated heterocycles. The van der Waals surface area contributed by atoms with Crippen molar-refractivity contribution in [3.8, 4) is 0 Å². The highest BCUT2D eigenvalue weighted by molar-refractivity contribution is 7.91. The van der Waals surface area contributed by atoms with Crippen molar-refractivity contribution >= 4 is 15.8 Å². The van der Waals surface area contributed by atoms with Crippen molar-refractivity contribution in [3.63, 3.8) is 0 Å². The quantitative estimate of drug-likeness (QED) is 0.558. The van der Waals surface area contributed by atoms with E-state index in [1.807, 2.05) is 13.0 Å². The Kier molecular flexibility index (Phi) is 7.87. The van der Waals surface area contributed by atoms with Crippen molar-refractivity contribution in [1.29, 1.82) is 0 Å². The third-order valence-electron chi connectivity index (χ3n) is 3.05. The summed E-state index contributed by atoms with van der Waals surface area (Å²) in [5, 5.41) is 6.17. The molecule has 1 aromatic carbocycles. The minimum atomic E-state index is -3.00. The lowest BCUT2D eigenvalue weighted by atomic mass is 10.1. The van der Waals surface area contributed by atoms with E-state index in [9.17, 15) is 12.8 Å². The molecule has 1 aromatic rings. The Morgan fingerprint density at radius 3 is 2.68 bits per heavy atom. The molecule has 0 heterocycles. The maximum Gasteiger partial charge on any atom is 0.191 e. The predicted octanol–water partition coefficient (Wildman–Crippen LogP) is 1.36. The van der Waals surface area contributed by atoms with E-state index < -0.39 is 9.84 Å². The summed E-state index contributed by atoms with van der Waals surface area (Å²) in [5.41, 5.74) is 0.900. The molecule has 0 atom stereocenters. The van der Waals surface area contributed by atoms with E-state index in [1.54, 1.807) is 13.0 Å². The lowest BCUT2D eigenvalue weighted by Crippen LogP contribution is -2.38. The Hall–Kier alpha value is -1.63. The van der Waals surface area contributed by atoms with Crippen molar-refractivity contribution in [1.82, 2.24) is 10.6 Å². The molecule has 0 fully saturated rings. The van der Waals surface area contributed by atoms with Crippen LogP contribution in [0.3, 0.4) is 0 Å². The minimum absolute atomic E-state index is 0.0456. The van der Waals surface area contributed by atoms with E-state index in [-0.39, 0.29) is 23.9 Å². The van der Waals surface area contributed by atoms with Crippen LogP contribution in [0.4, 0.5) is 4.39 Å². The molecule has 0 aliphatic carbocycles. The fraction of sp³-hybridized carbons (Fsp3) is 0.533. The summed E-state index contributed by atoms with van der Waals surface area (Å²) in [5.74, 6) is 0.504. The zero-order valence-electron chi connectivity index (χ0n) is 13.1. The first-order valence-corrected chi connectivity index (χ1v) is 9.26. The maximum absolute atomic E-state index is 13.1. The van der Waals surface area contributed by atoms with Crippen LogP contribution < -0.4 is 10.6 Å². The average Bonchev–Trinajstić information content (AvgIpc) is 2.47. The molecule has 124 valence electrons. The lowest BCUT2D eigenvalue weighted by Gasteiger charge is -2.11. The van der Waals surface area contributed by atoms with Crippen molar-refractivity contribution in [2.75, 3.05) is 31.1 Å². The maximum atomic E-state index is 13.1. The summed E-state index contributed by atoms with van der Waals surface area (Å²) < 4.78 is 35.9. The van der Waals surface area contributed by atoms with Crippen LogP contribution in [0.15, 0.2) is 29.3 Å². The molecular formula is C15H24FN3O2S. The van der Waals surface area contributed by atoms with E-state index in [0.717, 1.165) is 5.56 Å². The number of guanidine groups is 1. The first kappa shape index (κ1) is 18.4. The van der Waals surface area contributed by atoms with Gasteiger partial charge in [0.05, 0.1) is 12.3 Å². The average molecular weight is 329 g/mol. The topological polar surface area (TPSA) is 70.6 Å². The van der Waals surface area contributed by atoms with Gasteiger partial charge in [0.25, 0.3) is 0 Å². The molecule has 7 heteroatoms. The molecular weight excluding hydrogens is 305 g/mol. The highest BCUT2D eigenvalue weighted by atomic mass is 32.2. The Morgan fingerprint density at radius 1 is 1.27 bits per heavy atom. The van der Waals surface area contributed by atoms with Gasteiger partial charge < -0.3 is 10.6 Å². The fourth-order valence-corrected chi connectivity index (χ4v) is 2.46. The highest BCUT2D eigenvalue weighted by Crippen LogP contribution is 2.03. The van der Waals surface area contributed by atoms with Gasteiger partial charge in [-0.3, -0.25) is 4.99 Å². The van der Waals surface area contributed by atoms with Gasteiger partial charge in [0.15, 0.2) is 15.8 Å². The molecule has 0 bridgehead atoms. The van der Waals surface area contributed by atoms with Crippen molar-refractivity contribution in [2.45, 2.75) is 20.3 Å². The highest BCUT2D eigenvalue weighted by Gasteiger charge is 2.06. The fourth-order valence-electron chi connectivity index (χ4n) is 1.80. The second kappa shape index (κ2) is 9.40. The number of rotatable bonds is 8. The van der Waals surface area contributed by atoms with E-state index in [2.05, 4.69) is 15.6 Å². The summed E-state index contributed by atoms with van der Waals surface area (Å²) in [6.07, 6.45) is 0.662. The second-order valence-corrected chi connectivity index (χ2v) is 7.28. The summed E-state index contributed by atoms with van der Waals surface area (Å²) >= 11 is 0. The minimum Gasteiger partial charge on any atom is -0.357 e. The predicted molar refractivity (Wildman–Crippen MR) is 88.4 cm³/mol. The lowest BCUT2D eigenvalue weighted by molar-refractivity contribution is 0.597. The van der Waals surface area contributed by atoms with Crippen LogP contribution in [0.25, 0.3) is 0 Å². The molecule has 22 heavy (non-hydrogen) atoms. The molecule has 0 radical (unpaired) electrons. The zero-order chi connectivity index (χ0) is 16.4. The molecule has 5 nitrogen and oxygen atoms in total. The number of benzene rings is 1. The summed E-state index contributed by atoms with van der Waals surface area (Å²) in [4.78, 5) is 4.24. The number of aliphatic imine (C=N–C) groups is 1. The number of nitrogens with zero attached hydrogens (tertiary/aromatic N) is 1. The van der Waals surface area contributed by atoms with Crippen molar-refractivity contribution in [2.24, 2.45) is 4.99 Å². The summed E-state index contributed by atoms with van der Waals surface area (Å²) in [6.45, 7) is 5.07. The number of nitrogens with one attached hydrogen (secondary N) is 2. The van der Waals surface area contributed by atoms with Crippen molar-refractivity contribution < 1.29 is 12.8 Å². The molecule has 0 aromatic heterocycles. The Balaban J connectivity index is 2.46. The van der Waals surface area contributed by atoms with Crippen LogP contribution in [0, 0.1) is 5.82 Å². The van der Waals surface area contributed by atoms with Gasteiger partial charge in [-0.2, -0.15) is 0 Å². The van der Waals surface area contributed by atoms with E-state index in [0.29, 0.717) is 25.5 Å². The van der Waals surface area contributed by atoms with Gasteiger partial charge in [0.2, 0.25) is 0 Å². The first-order chi connectivity index (χ1) is 10.5. The SMILES string of the molecule is CCNC(=NCCS(=O)(=O)CC)NCCc1cccc(F)c1. The Bertz CT molecular complexity index is 588. The number of hydrogen-bond donors (Lipinski definition) is 2. The number of hydrogen-bond acceptors (Lipinski definition) is 3. The van der Waals surface area contributed by atoms with E-state index in [4.69, 9.17) is 0 Å². The van der Waals surface area contributed by atoms with Crippen LogP contribution in [0.1, 0.15) is 19.4 Å². The van der Waals surface area contributed by atoms with Gasteiger partial charge in [-0.05, 0) is 31.0 Å². The third kappa shape index (κ3) is 7.40. The molecule has 0 spiro atoms. The van der Waals surface area contributed by atoms with Crippen LogP contribution in [0.5, 0.6) is 0 Å². The standard InChI is InChI=1S/C15H24FN3O2S/c1-3-17-15(19-10-11-22(20,21)4-2)18-9-8-13-6-5-7-14(16)12-13/h5-7,12H,3-4,8-11H2,1-2H3,(H2,17,18,19). The monoisotopic (exact) mass is 329 g/mol. The third-order valence-corrected chi connectivity index (χ3v) is 4.74. The van der Waals surface area contributed by atoms with Gasteiger partial charge in [-0.15, -0.1) is 0 Å². The van der Waals surface area contributed by atoms with Gasteiger partial charge in [-0.1, -0.05) is 19.1 Å². The van der Waals surface area contributed by atoms with E-state index in [1.165, 1.54) is 12.1 Å².